The Morgan fingerprint density at radius 1 is 1.03 bits per heavy atom. The third kappa shape index (κ3) is 4.29. The van der Waals surface area contributed by atoms with Gasteiger partial charge in [-0.15, -0.1) is 0 Å². The second kappa shape index (κ2) is 8.23. The number of hydrogen-bond donors (Lipinski definition) is 2. The van der Waals surface area contributed by atoms with Gasteiger partial charge in [0, 0.05) is 24.6 Å². The average Bonchev–Trinajstić information content (AvgIpc) is 3.20. The predicted octanol–water partition coefficient (Wildman–Crippen LogP) is 3.89. The van der Waals surface area contributed by atoms with Crippen molar-refractivity contribution in [3.8, 4) is 5.75 Å². The van der Waals surface area contributed by atoms with E-state index in [0.29, 0.717) is 28.9 Å². The maximum absolute atomic E-state index is 12.6. The molecular formula is C23H21N3O4S. The summed E-state index contributed by atoms with van der Waals surface area (Å²) in [4.78, 5) is 12.3. The molecule has 4 rings (SSSR count). The lowest BCUT2D eigenvalue weighted by molar-refractivity contribution is -0.130. The van der Waals surface area contributed by atoms with Gasteiger partial charge in [0.05, 0.1) is 16.6 Å². The molecule has 0 saturated heterocycles. The molecule has 3 aromatic rings. The number of nitrogens with zero attached hydrogens (tertiary/aromatic N) is 2. The molecule has 0 fully saturated rings. The van der Waals surface area contributed by atoms with Crippen LogP contribution in [0.3, 0.4) is 0 Å². The molecule has 7 nitrogen and oxygen atoms in total. The summed E-state index contributed by atoms with van der Waals surface area (Å²) >= 11 is 0. The Balaban J connectivity index is 1.62. The first-order chi connectivity index (χ1) is 14.8. The minimum Gasteiger partial charge on any atom is -0.508 e. The number of phenols is 1. The number of hydrogen-bond acceptors (Lipinski definition) is 5. The molecule has 1 heterocycles. The largest absolute Gasteiger partial charge is 0.508 e. The van der Waals surface area contributed by atoms with Crippen LogP contribution < -0.4 is 4.72 Å². The first kappa shape index (κ1) is 20.6. The van der Waals surface area contributed by atoms with Gasteiger partial charge < -0.3 is 5.11 Å². The van der Waals surface area contributed by atoms with E-state index in [9.17, 15) is 18.3 Å². The Morgan fingerprint density at radius 2 is 1.74 bits per heavy atom. The smallest absolute Gasteiger partial charge is 0.261 e. The molecular weight excluding hydrogens is 414 g/mol. The van der Waals surface area contributed by atoms with Crippen molar-refractivity contribution in [3.05, 3.63) is 90.0 Å². The first-order valence-corrected chi connectivity index (χ1v) is 11.2. The summed E-state index contributed by atoms with van der Waals surface area (Å²) in [5.41, 5.74) is 2.32. The van der Waals surface area contributed by atoms with Gasteiger partial charge in [-0.05, 0) is 35.9 Å². The normalized spacial score (nSPS) is 16.1. The van der Waals surface area contributed by atoms with Crippen LogP contribution in [0.5, 0.6) is 5.75 Å². The standard InChI is InChI=1S/C23H21N3O4S/c1-16(27)26-22(20-12-5-6-13-23(20)28)15-21(24-26)17-8-7-9-18(14-17)25-31(29,30)19-10-3-2-4-11-19/h2-14,22,25,28H,15H2,1H3/t22-/m0/s1. The van der Waals surface area contributed by atoms with E-state index < -0.39 is 16.1 Å². The van der Waals surface area contributed by atoms with E-state index in [1.54, 1.807) is 60.7 Å². The van der Waals surface area contributed by atoms with Crippen molar-refractivity contribution < 1.29 is 18.3 Å². The fraction of sp³-hybridized carbons (Fsp3) is 0.130. The number of anilines is 1. The van der Waals surface area contributed by atoms with Gasteiger partial charge in [0.25, 0.3) is 10.0 Å². The van der Waals surface area contributed by atoms with Crippen LogP contribution in [0.2, 0.25) is 0 Å². The van der Waals surface area contributed by atoms with Gasteiger partial charge in [0.1, 0.15) is 5.75 Å². The lowest BCUT2D eigenvalue weighted by atomic mass is 9.97. The van der Waals surface area contributed by atoms with Crippen LogP contribution in [0.1, 0.15) is 30.5 Å². The number of aromatic hydroxyl groups is 1. The second-order valence-electron chi connectivity index (χ2n) is 7.19. The summed E-state index contributed by atoms with van der Waals surface area (Å²) < 4.78 is 27.8. The summed E-state index contributed by atoms with van der Waals surface area (Å²) in [5, 5.41) is 16.1. The van der Waals surface area contributed by atoms with Crippen LogP contribution in [-0.2, 0) is 14.8 Å². The average molecular weight is 436 g/mol. The van der Waals surface area contributed by atoms with E-state index in [4.69, 9.17) is 0 Å². The Labute approximate surface area is 180 Å². The topological polar surface area (TPSA) is 99.1 Å². The van der Waals surface area contributed by atoms with Crippen LogP contribution in [0, 0.1) is 0 Å². The lowest BCUT2D eigenvalue weighted by Gasteiger charge is -2.21. The number of nitrogens with one attached hydrogen (secondary N) is 1. The van der Waals surface area contributed by atoms with Gasteiger partial charge in [-0.1, -0.05) is 48.5 Å². The predicted molar refractivity (Wildman–Crippen MR) is 118 cm³/mol. The van der Waals surface area contributed by atoms with E-state index in [2.05, 4.69) is 9.82 Å². The van der Waals surface area contributed by atoms with Crippen molar-refractivity contribution >= 4 is 27.3 Å². The minimum absolute atomic E-state index is 0.0968. The zero-order valence-corrected chi connectivity index (χ0v) is 17.6. The monoisotopic (exact) mass is 435 g/mol. The van der Waals surface area contributed by atoms with Gasteiger partial charge in [-0.25, -0.2) is 13.4 Å². The number of benzene rings is 3. The van der Waals surface area contributed by atoms with Gasteiger partial charge >= 0.3 is 0 Å². The third-order valence-corrected chi connectivity index (χ3v) is 6.43. The molecule has 3 aromatic carbocycles. The zero-order chi connectivity index (χ0) is 22.0. The number of carbonyl (C=O) groups excluding carboxylic acids is 1. The SMILES string of the molecule is CC(=O)N1N=C(c2cccc(NS(=O)(=O)c3ccccc3)c2)C[C@H]1c1ccccc1O. The van der Waals surface area contributed by atoms with Crippen molar-refractivity contribution in [1.29, 1.82) is 0 Å². The summed E-state index contributed by atoms with van der Waals surface area (Å²) in [7, 11) is -3.72. The van der Waals surface area contributed by atoms with Crippen molar-refractivity contribution in [3.63, 3.8) is 0 Å². The molecule has 0 spiro atoms. The first-order valence-electron chi connectivity index (χ1n) is 9.68. The molecule has 0 unspecified atom stereocenters. The summed E-state index contributed by atoms with van der Waals surface area (Å²) in [6.45, 7) is 1.42. The number of hydrazone groups is 1. The Kier molecular flexibility index (Phi) is 5.48. The van der Waals surface area contributed by atoms with E-state index >= 15 is 0 Å². The fourth-order valence-corrected chi connectivity index (χ4v) is 4.63. The van der Waals surface area contributed by atoms with Crippen LogP contribution in [0.4, 0.5) is 5.69 Å². The Bertz CT molecular complexity index is 1260. The number of amides is 1. The van der Waals surface area contributed by atoms with Crippen LogP contribution in [0.15, 0.2) is 88.9 Å². The van der Waals surface area contributed by atoms with Crippen molar-refractivity contribution in [2.45, 2.75) is 24.3 Å². The third-order valence-electron chi connectivity index (χ3n) is 5.03. The van der Waals surface area contributed by atoms with E-state index in [1.807, 2.05) is 6.07 Å². The highest BCUT2D eigenvalue weighted by Gasteiger charge is 2.33. The molecule has 31 heavy (non-hydrogen) atoms. The molecule has 0 bridgehead atoms. The van der Waals surface area contributed by atoms with E-state index in [0.717, 1.165) is 0 Å². The number of rotatable bonds is 5. The molecule has 0 saturated carbocycles. The second-order valence-corrected chi connectivity index (χ2v) is 8.87. The zero-order valence-electron chi connectivity index (χ0n) is 16.8. The summed E-state index contributed by atoms with van der Waals surface area (Å²) in [5.74, 6) is -0.149. The van der Waals surface area contributed by atoms with Crippen LogP contribution in [0.25, 0.3) is 0 Å². The molecule has 8 heteroatoms. The molecule has 0 aromatic heterocycles. The van der Waals surface area contributed by atoms with Crippen molar-refractivity contribution in [2.75, 3.05) is 4.72 Å². The molecule has 0 radical (unpaired) electrons. The van der Waals surface area contributed by atoms with E-state index in [-0.39, 0.29) is 16.6 Å². The molecule has 0 aliphatic carbocycles. The number of para-hydroxylation sites is 1. The van der Waals surface area contributed by atoms with Crippen molar-refractivity contribution in [1.82, 2.24) is 5.01 Å². The molecule has 2 N–H and O–H groups in total. The highest BCUT2D eigenvalue weighted by Crippen LogP contribution is 2.37. The minimum atomic E-state index is -3.72. The molecule has 158 valence electrons. The Hall–Kier alpha value is -3.65. The fourth-order valence-electron chi connectivity index (χ4n) is 3.56. The van der Waals surface area contributed by atoms with Gasteiger partial charge in [-0.2, -0.15) is 5.10 Å². The summed E-state index contributed by atoms with van der Waals surface area (Å²) in [6.07, 6.45) is 0.395. The van der Waals surface area contributed by atoms with Crippen LogP contribution in [-0.4, -0.2) is 30.2 Å². The molecule has 1 aliphatic heterocycles. The van der Waals surface area contributed by atoms with E-state index in [1.165, 1.54) is 24.1 Å². The quantitative estimate of drug-likeness (QED) is 0.635. The van der Waals surface area contributed by atoms with Gasteiger partial charge in [0.2, 0.25) is 5.91 Å². The van der Waals surface area contributed by atoms with Crippen molar-refractivity contribution in [2.24, 2.45) is 5.10 Å². The highest BCUT2D eigenvalue weighted by atomic mass is 32.2. The number of phenolic OH excluding ortho intramolecular Hbond substituents is 1. The lowest BCUT2D eigenvalue weighted by Crippen LogP contribution is -2.24. The molecule has 1 aliphatic rings. The molecule has 1 amide bonds. The Morgan fingerprint density at radius 3 is 2.45 bits per heavy atom. The van der Waals surface area contributed by atoms with Crippen LogP contribution >= 0.6 is 0 Å². The maximum Gasteiger partial charge on any atom is 0.261 e. The highest BCUT2D eigenvalue weighted by molar-refractivity contribution is 7.92. The number of sulfonamides is 1. The van der Waals surface area contributed by atoms with Gasteiger partial charge in [-0.3, -0.25) is 9.52 Å². The van der Waals surface area contributed by atoms with Gasteiger partial charge in [0.15, 0.2) is 0 Å². The number of carbonyl (C=O) groups is 1. The maximum atomic E-state index is 12.6. The molecule has 1 atom stereocenters. The summed E-state index contributed by atoms with van der Waals surface area (Å²) in [6, 6.07) is 21.4.